The molecule has 2 N–H and O–H groups in total. The number of benzene rings is 1. The number of alkyl halides is 1. The van der Waals surface area contributed by atoms with Crippen molar-refractivity contribution >= 4 is 5.91 Å². The largest absolute Gasteiger partial charge is 0.341 e. The Labute approximate surface area is 145 Å². The molecule has 1 unspecified atom stereocenters. The van der Waals surface area contributed by atoms with Gasteiger partial charge in [-0.3, -0.25) is 9.89 Å². The van der Waals surface area contributed by atoms with E-state index in [0.717, 1.165) is 30.8 Å². The van der Waals surface area contributed by atoms with Crippen LogP contribution in [0.25, 0.3) is 11.4 Å². The molecule has 4 rings (SSSR count). The minimum Gasteiger partial charge on any atom is -0.341 e. The fraction of sp³-hybridized carbons (Fsp3) is 0.500. The van der Waals surface area contributed by atoms with Crippen LogP contribution in [0.2, 0.25) is 0 Å². The Morgan fingerprint density at radius 2 is 2.12 bits per heavy atom. The van der Waals surface area contributed by atoms with E-state index in [1.165, 1.54) is 0 Å². The number of rotatable bonds is 3. The number of piperidine rings is 1. The standard InChI is InChI=1S/C18H22FN5O/c19-14-9-15(20-10-14)18(25)24-8-4-7-13(11-24)17-21-16(22-23-17)12-5-2-1-3-6-12/h1-3,5-6,13-15,20H,4,7-11H2,(H,21,22,23)/t13?,14-,15+/m0/s1. The number of carbonyl (C=O) groups is 1. The van der Waals surface area contributed by atoms with Gasteiger partial charge in [0.2, 0.25) is 5.91 Å². The molecule has 2 saturated heterocycles. The lowest BCUT2D eigenvalue weighted by Crippen LogP contribution is -2.47. The van der Waals surface area contributed by atoms with Crippen molar-refractivity contribution in [3.05, 3.63) is 36.2 Å². The van der Waals surface area contributed by atoms with Crippen molar-refractivity contribution in [2.75, 3.05) is 19.6 Å². The van der Waals surface area contributed by atoms with E-state index in [1.807, 2.05) is 35.2 Å². The molecule has 2 aromatic rings. The summed E-state index contributed by atoms with van der Waals surface area (Å²) in [6, 6.07) is 9.44. The second kappa shape index (κ2) is 6.92. The number of nitrogens with zero attached hydrogens (tertiary/aromatic N) is 3. The molecule has 2 fully saturated rings. The van der Waals surface area contributed by atoms with Gasteiger partial charge in [-0.25, -0.2) is 9.37 Å². The molecule has 1 aromatic carbocycles. The van der Waals surface area contributed by atoms with Gasteiger partial charge in [0.25, 0.3) is 0 Å². The second-order valence-corrected chi connectivity index (χ2v) is 6.83. The van der Waals surface area contributed by atoms with Gasteiger partial charge >= 0.3 is 0 Å². The van der Waals surface area contributed by atoms with Crippen LogP contribution in [-0.2, 0) is 4.79 Å². The number of aromatic nitrogens is 3. The van der Waals surface area contributed by atoms with Crippen molar-refractivity contribution in [2.24, 2.45) is 0 Å². The zero-order valence-corrected chi connectivity index (χ0v) is 14.0. The maximum absolute atomic E-state index is 13.4. The number of halogens is 1. The quantitative estimate of drug-likeness (QED) is 0.892. The monoisotopic (exact) mass is 343 g/mol. The maximum Gasteiger partial charge on any atom is 0.239 e. The molecule has 3 heterocycles. The summed E-state index contributed by atoms with van der Waals surface area (Å²) in [5.41, 5.74) is 0.970. The molecule has 0 radical (unpaired) electrons. The third kappa shape index (κ3) is 3.42. The van der Waals surface area contributed by atoms with E-state index in [9.17, 15) is 9.18 Å². The minimum absolute atomic E-state index is 0.00708. The first-order chi connectivity index (χ1) is 12.2. The Balaban J connectivity index is 1.45. The summed E-state index contributed by atoms with van der Waals surface area (Å²) in [5, 5.41) is 10.3. The lowest BCUT2D eigenvalue weighted by Gasteiger charge is -2.33. The van der Waals surface area contributed by atoms with Crippen molar-refractivity contribution in [3.63, 3.8) is 0 Å². The van der Waals surface area contributed by atoms with Gasteiger partial charge in [0.1, 0.15) is 12.0 Å². The van der Waals surface area contributed by atoms with Crippen LogP contribution in [0.4, 0.5) is 4.39 Å². The van der Waals surface area contributed by atoms with Crippen molar-refractivity contribution in [3.8, 4) is 11.4 Å². The Morgan fingerprint density at radius 1 is 1.28 bits per heavy atom. The smallest absolute Gasteiger partial charge is 0.239 e. The van der Waals surface area contributed by atoms with Crippen LogP contribution < -0.4 is 5.32 Å². The van der Waals surface area contributed by atoms with Crippen molar-refractivity contribution < 1.29 is 9.18 Å². The van der Waals surface area contributed by atoms with E-state index < -0.39 is 6.17 Å². The van der Waals surface area contributed by atoms with Crippen LogP contribution in [0.1, 0.15) is 31.0 Å². The first-order valence-electron chi connectivity index (χ1n) is 8.84. The fourth-order valence-electron chi connectivity index (χ4n) is 3.67. The van der Waals surface area contributed by atoms with Gasteiger partial charge in [0, 0.05) is 37.5 Å². The van der Waals surface area contributed by atoms with Gasteiger partial charge in [0.15, 0.2) is 5.82 Å². The Kier molecular flexibility index (Phi) is 4.48. The molecule has 132 valence electrons. The van der Waals surface area contributed by atoms with E-state index >= 15 is 0 Å². The molecule has 0 bridgehead atoms. The molecule has 2 aliphatic heterocycles. The number of hydrogen-bond acceptors (Lipinski definition) is 4. The molecule has 25 heavy (non-hydrogen) atoms. The highest BCUT2D eigenvalue weighted by Crippen LogP contribution is 2.27. The van der Waals surface area contributed by atoms with Crippen LogP contribution in [0.5, 0.6) is 0 Å². The molecule has 3 atom stereocenters. The molecule has 6 nitrogen and oxygen atoms in total. The number of amides is 1. The van der Waals surface area contributed by atoms with E-state index in [-0.39, 0.29) is 30.8 Å². The Bertz CT molecular complexity index is 734. The van der Waals surface area contributed by atoms with Crippen LogP contribution in [-0.4, -0.2) is 57.8 Å². The van der Waals surface area contributed by atoms with Crippen molar-refractivity contribution in [1.82, 2.24) is 25.4 Å². The van der Waals surface area contributed by atoms with E-state index in [2.05, 4.69) is 20.5 Å². The van der Waals surface area contributed by atoms with Crippen LogP contribution in [0, 0.1) is 0 Å². The molecule has 2 aliphatic rings. The number of hydrogen-bond donors (Lipinski definition) is 2. The number of likely N-dealkylation sites (tertiary alicyclic amines) is 1. The first kappa shape index (κ1) is 16.2. The van der Waals surface area contributed by atoms with Gasteiger partial charge in [-0.2, -0.15) is 5.10 Å². The molecule has 0 spiro atoms. The molecule has 1 amide bonds. The maximum atomic E-state index is 13.4. The predicted molar refractivity (Wildman–Crippen MR) is 91.7 cm³/mol. The highest BCUT2D eigenvalue weighted by Gasteiger charge is 2.35. The zero-order chi connectivity index (χ0) is 17.2. The number of H-pyrrole nitrogens is 1. The zero-order valence-electron chi connectivity index (χ0n) is 14.0. The summed E-state index contributed by atoms with van der Waals surface area (Å²) in [5.74, 6) is 1.65. The average Bonchev–Trinajstić information content (AvgIpc) is 3.31. The second-order valence-electron chi connectivity index (χ2n) is 6.83. The van der Waals surface area contributed by atoms with Crippen LogP contribution in [0.3, 0.4) is 0 Å². The van der Waals surface area contributed by atoms with Gasteiger partial charge < -0.3 is 10.2 Å². The van der Waals surface area contributed by atoms with Gasteiger partial charge in [-0.15, -0.1) is 0 Å². The van der Waals surface area contributed by atoms with Gasteiger partial charge in [0.05, 0.1) is 6.04 Å². The summed E-state index contributed by atoms with van der Waals surface area (Å²) in [6.45, 7) is 1.61. The van der Waals surface area contributed by atoms with E-state index in [0.29, 0.717) is 12.4 Å². The van der Waals surface area contributed by atoms with E-state index in [4.69, 9.17) is 0 Å². The normalized spacial score (nSPS) is 26.8. The average molecular weight is 343 g/mol. The number of carbonyl (C=O) groups excluding carboxylic acids is 1. The highest BCUT2D eigenvalue weighted by molar-refractivity contribution is 5.82. The van der Waals surface area contributed by atoms with Crippen LogP contribution >= 0.6 is 0 Å². The molecule has 0 saturated carbocycles. The third-order valence-electron chi connectivity index (χ3n) is 5.03. The summed E-state index contributed by atoms with van der Waals surface area (Å²) in [7, 11) is 0. The number of nitrogens with one attached hydrogen (secondary N) is 2. The molecular weight excluding hydrogens is 321 g/mol. The Morgan fingerprint density at radius 3 is 2.88 bits per heavy atom. The third-order valence-corrected chi connectivity index (χ3v) is 5.03. The first-order valence-corrected chi connectivity index (χ1v) is 8.84. The molecule has 1 aromatic heterocycles. The summed E-state index contributed by atoms with van der Waals surface area (Å²) in [4.78, 5) is 19.1. The fourth-order valence-corrected chi connectivity index (χ4v) is 3.67. The van der Waals surface area contributed by atoms with Crippen LogP contribution in [0.15, 0.2) is 30.3 Å². The van der Waals surface area contributed by atoms with E-state index in [1.54, 1.807) is 0 Å². The SMILES string of the molecule is O=C([C@H]1C[C@H](F)CN1)N1CCCC(c2nc(-c3ccccc3)n[nH]2)C1. The van der Waals surface area contributed by atoms with Gasteiger partial charge in [-0.05, 0) is 12.8 Å². The highest BCUT2D eigenvalue weighted by atomic mass is 19.1. The lowest BCUT2D eigenvalue weighted by atomic mass is 9.96. The van der Waals surface area contributed by atoms with Crippen molar-refractivity contribution in [2.45, 2.75) is 37.4 Å². The van der Waals surface area contributed by atoms with Gasteiger partial charge in [-0.1, -0.05) is 30.3 Å². The molecule has 7 heteroatoms. The summed E-state index contributed by atoms with van der Waals surface area (Å²) < 4.78 is 13.4. The molecular formula is C18H22FN5O. The summed E-state index contributed by atoms with van der Waals surface area (Å²) in [6.07, 6.45) is 1.25. The number of aromatic amines is 1. The topological polar surface area (TPSA) is 73.9 Å². The predicted octanol–water partition coefficient (Wildman–Crippen LogP) is 1.88. The Hall–Kier alpha value is -2.28. The molecule has 0 aliphatic carbocycles. The minimum atomic E-state index is -0.919. The van der Waals surface area contributed by atoms with Crippen molar-refractivity contribution in [1.29, 1.82) is 0 Å². The lowest BCUT2D eigenvalue weighted by molar-refractivity contribution is -0.134. The summed E-state index contributed by atoms with van der Waals surface area (Å²) >= 11 is 0.